The standard InChI is InChI=1S/C12H8BrF3N2O2S/c13-11-9(5-3-7-17-11)18-21(19,20)10-6-2-1-4-8(10)12(14,15)16/h1-7,18H. The van der Waals surface area contributed by atoms with E-state index in [0.29, 0.717) is 6.07 Å². The molecule has 0 unspecified atom stereocenters. The fourth-order valence-electron chi connectivity index (χ4n) is 1.60. The molecule has 4 nitrogen and oxygen atoms in total. The molecule has 0 atom stereocenters. The van der Waals surface area contributed by atoms with Crippen LogP contribution in [0.15, 0.2) is 52.1 Å². The summed E-state index contributed by atoms with van der Waals surface area (Å²) in [5.41, 5.74) is -1.17. The fourth-order valence-corrected chi connectivity index (χ4v) is 3.37. The summed E-state index contributed by atoms with van der Waals surface area (Å²) in [6.07, 6.45) is -3.36. The zero-order valence-electron chi connectivity index (χ0n) is 10.2. The lowest BCUT2D eigenvalue weighted by Crippen LogP contribution is -2.19. The molecule has 0 amide bonds. The van der Waals surface area contributed by atoms with Crippen LogP contribution in [0.3, 0.4) is 0 Å². The third-order valence-electron chi connectivity index (χ3n) is 2.49. The molecule has 0 saturated carbocycles. The Labute approximate surface area is 127 Å². The summed E-state index contributed by atoms with van der Waals surface area (Å²) in [7, 11) is -4.39. The number of hydrogen-bond donors (Lipinski definition) is 1. The predicted molar refractivity (Wildman–Crippen MR) is 74.2 cm³/mol. The van der Waals surface area contributed by atoms with Crippen LogP contribution in [0.4, 0.5) is 18.9 Å². The Hall–Kier alpha value is -1.61. The Balaban J connectivity index is 2.49. The molecule has 0 bridgehead atoms. The maximum Gasteiger partial charge on any atom is 0.417 e. The second kappa shape index (κ2) is 5.64. The quantitative estimate of drug-likeness (QED) is 0.826. The molecule has 1 aromatic heterocycles. The minimum atomic E-state index is -4.77. The van der Waals surface area contributed by atoms with Gasteiger partial charge in [0.2, 0.25) is 0 Å². The molecule has 1 aromatic carbocycles. The Morgan fingerprint density at radius 2 is 1.76 bits per heavy atom. The van der Waals surface area contributed by atoms with E-state index >= 15 is 0 Å². The Kier molecular flexibility index (Phi) is 4.24. The van der Waals surface area contributed by atoms with Crippen LogP contribution in [0.2, 0.25) is 0 Å². The summed E-state index contributed by atoms with van der Waals surface area (Å²) in [4.78, 5) is 2.96. The summed E-state index contributed by atoms with van der Waals surface area (Å²) in [6.45, 7) is 0. The van der Waals surface area contributed by atoms with Crippen LogP contribution >= 0.6 is 15.9 Å². The van der Waals surface area contributed by atoms with Crippen LogP contribution in [0.1, 0.15) is 5.56 Å². The first kappa shape index (κ1) is 15.8. The van der Waals surface area contributed by atoms with Gasteiger partial charge in [-0.25, -0.2) is 13.4 Å². The number of nitrogens with zero attached hydrogens (tertiary/aromatic N) is 1. The number of rotatable bonds is 3. The molecule has 0 fully saturated rings. The van der Waals surface area contributed by atoms with Crippen molar-refractivity contribution >= 4 is 31.6 Å². The SMILES string of the molecule is O=S(=O)(Nc1cccnc1Br)c1ccccc1C(F)(F)F. The van der Waals surface area contributed by atoms with Crippen LogP contribution in [0.5, 0.6) is 0 Å². The minimum Gasteiger partial charge on any atom is -0.277 e. The summed E-state index contributed by atoms with van der Waals surface area (Å²) >= 11 is 3.02. The third kappa shape index (κ3) is 3.53. The van der Waals surface area contributed by atoms with E-state index in [1.807, 2.05) is 0 Å². The molecule has 21 heavy (non-hydrogen) atoms. The summed E-state index contributed by atoms with van der Waals surface area (Å²) < 4.78 is 65.2. The smallest absolute Gasteiger partial charge is 0.277 e. The third-order valence-corrected chi connectivity index (χ3v) is 4.54. The average molecular weight is 381 g/mol. The van der Waals surface area contributed by atoms with Crippen molar-refractivity contribution in [3.05, 3.63) is 52.8 Å². The van der Waals surface area contributed by atoms with Gasteiger partial charge in [-0.15, -0.1) is 0 Å². The lowest BCUT2D eigenvalue weighted by molar-refractivity contribution is -0.139. The number of sulfonamides is 1. The van der Waals surface area contributed by atoms with E-state index in [-0.39, 0.29) is 10.3 Å². The Morgan fingerprint density at radius 1 is 1.10 bits per heavy atom. The predicted octanol–water partition coefficient (Wildman–Crippen LogP) is 3.66. The molecule has 0 aliphatic rings. The van der Waals surface area contributed by atoms with Gasteiger partial charge in [-0.3, -0.25) is 4.72 Å². The fraction of sp³-hybridized carbons (Fsp3) is 0.0833. The van der Waals surface area contributed by atoms with Crippen molar-refractivity contribution in [2.45, 2.75) is 11.1 Å². The number of halogens is 4. The monoisotopic (exact) mass is 380 g/mol. The lowest BCUT2D eigenvalue weighted by Gasteiger charge is -2.14. The number of hydrogen-bond acceptors (Lipinski definition) is 3. The number of anilines is 1. The summed E-state index contributed by atoms with van der Waals surface area (Å²) in [5.74, 6) is 0. The zero-order valence-corrected chi connectivity index (χ0v) is 12.6. The average Bonchev–Trinajstić information content (AvgIpc) is 2.40. The van der Waals surface area contributed by atoms with Crippen molar-refractivity contribution in [1.29, 1.82) is 0 Å². The number of aromatic nitrogens is 1. The van der Waals surface area contributed by atoms with Crippen molar-refractivity contribution in [3.8, 4) is 0 Å². The van der Waals surface area contributed by atoms with E-state index < -0.39 is 26.7 Å². The molecule has 0 saturated heterocycles. The van der Waals surface area contributed by atoms with Gasteiger partial charge in [0.05, 0.1) is 16.1 Å². The lowest BCUT2D eigenvalue weighted by atomic mass is 10.2. The van der Waals surface area contributed by atoms with Gasteiger partial charge in [-0.05, 0) is 40.2 Å². The largest absolute Gasteiger partial charge is 0.417 e. The van der Waals surface area contributed by atoms with E-state index in [0.717, 1.165) is 12.1 Å². The molecule has 1 N–H and O–H groups in total. The van der Waals surface area contributed by atoms with Gasteiger partial charge in [0.1, 0.15) is 4.60 Å². The van der Waals surface area contributed by atoms with E-state index in [9.17, 15) is 21.6 Å². The number of nitrogens with one attached hydrogen (secondary N) is 1. The minimum absolute atomic E-state index is 0.0504. The number of pyridine rings is 1. The first-order valence-electron chi connectivity index (χ1n) is 5.51. The summed E-state index contributed by atoms with van der Waals surface area (Å²) in [6, 6.07) is 6.80. The molecule has 0 aliphatic heterocycles. The highest BCUT2D eigenvalue weighted by atomic mass is 79.9. The Bertz CT molecular complexity index is 763. The maximum absolute atomic E-state index is 12.9. The topological polar surface area (TPSA) is 59.1 Å². The van der Waals surface area contributed by atoms with Gasteiger partial charge >= 0.3 is 6.18 Å². The highest BCUT2D eigenvalue weighted by molar-refractivity contribution is 9.10. The van der Waals surface area contributed by atoms with Crippen molar-refractivity contribution in [1.82, 2.24) is 4.98 Å². The van der Waals surface area contributed by atoms with Gasteiger partial charge in [-0.2, -0.15) is 13.2 Å². The van der Waals surface area contributed by atoms with Crippen LogP contribution in [-0.4, -0.2) is 13.4 Å². The van der Waals surface area contributed by atoms with E-state index in [2.05, 4.69) is 25.6 Å². The van der Waals surface area contributed by atoms with Crippen molar-refractivity contribution in [2.24, 2.45) is 0 Å². The summed E-state index contributed by atoms with van der Waals surface area (Å²) in [5, 5.41) is 0. The second-order valence-electron chi connectivity index (χ2n) is 3.94. The second-order valence-corrected chi connectivity index (χ2v) is 6.34. The van der Waals surface area contributed by atoms with Gasteiger partial charge < -0.3 is 0 Å². The van der Waals surface area contributed by atoms with Gasteiger partial charge in [0.25, 0.3) is 10.0 Å². The van der Waals surface area contributed by atoms with Gasteiger partial charge in [0, 0.05) is 6.20 Å². The van der Waals surface area contributed by atoms with Gasteiger partial charge in [-0.1, -0.05) is 12.1 Å². The zero-order chi connectivity index (χ0) is 15.7. The van der Waals surface area contributed by atoms with Crippen molar-refractivity contribution in [2.75, 3.05) is 4.72 Å². The van der Waals surface area contributed by atoms with Crippen LogP contribution in [0.25, 0.3) is 0 Å². The molecular formula is C12H8BrF3N2O2S. The van der Waals surface area contributed by atoms with Crippen LogP contribution in [-0.2, 0) is 16.2 Å². The molecule has 2 rings (SSSR count). The van der Waals surface area contributed by atoms with Gasteiger partial charge in [0.15, 0.2) is 0 Å². The first-order valence-corrected chi connectivity index (χ1v) is 7.79. The van der Waals surface area contributed by atoms with E-state index in [1.54, 1.807) is 0 Å². The van der Waals surface area contributed by atoms with Crippen LogP contribution < -0.4 is 4.72 Å². The van der Waals surface area contributed by atoms with E-state index in [1.165, 1.54) is 24.4 Å². The highest BCUT2D eigenvalue weighted by Crippen LogP contribution is 2.35. The van der Waals surface area contributed by atoms with Crippen LogP contribution in [0, 0.1) is 0 Å². The number of alkyl halides is 3. The molecule has 0 aliphatic carbocycles. The molecule has 1 heterocycles. The number of benzene rings is 1. The van der Waals surface area contributed by atoms with E-state index in [4.69, 9.17) is 0 Å². The molecule has 0 spiro atoms. The maximum atomic E-state index is 12.9. The molecular weight excluding hydrogens is 373 g/mol. The first-order chi connectivity index (χ1) is 9.72. The van der Waals surface area contributed by atoms with Crippen molar-refractivity contribution < 1.29 is 21.6 Å². The molecule has 112 valence electrons. The highest BCUT2D eigenvalue weighted by Gasteiger charge is 2.37. The Morgan fingerprint density at radius 3 is 2.38 bits per heavy atom. The van der Waals surface area contributed by atoms with Crippen molar-refractivity contribution in [3.63, 3.8) is 0 Å². The normalized spacial score (nSPS) is 12.2. The molecule has 9 heteroatoms. The molecule has 2 aromatic rings. The molecule has 0 radical (unpaired) electrons.